The van der Waals surface area contributed by atoms with Gasteiger partial charge in [-0.1, -0.05) is 6.92 Å². The van der Waals surface area contributed by atoms with E-state index >= 15 is 0 Å². The number of aromatic carboxylic acids is 1. The monoisotopic (exact) mass is 327 g/mol. The first-order chi connectivity index (χ1) is 11.7. The minimum absolute atomic E-state index is 0.0373. The van der Waals surface area contributed by atoms with Crippen molar-refractivity contribution >= 4 is 23.0 Å². The predicted molar refractivity (Wildman–Crippen MR) is 93.0 cm³/mol. The Balaban J connectivity index is 1.68. The Morgan fingerprint density at radius 1 is 1.21 bits per heavy atom. The van der Waals surface area contributed by atoms with E-state index < -0.39 is 5.97 Å². The number of nitrogens with zero attached hydrogens (tertiary/aromatic N) is 4. The molecule has 0 unspecified atom stereocenters. The molecule has 0 aliphatic carbocycles. The number of carboxylic acid groups (broad SMARTS) is 1. The highest BCUT2D eigenvalue weighted by atomic mass is 16.4. The lowest BCUT2D eigenvalue weighted by Gasteiger charge is -2.35. The maximum Gasteiger partial charge on any atom is 0.356 e. The third kappa shape index (κ3) is 3.62. The number of carboxylic acids is 1. The average molecular weight is 327 g/mol. The van der Waals surface area contributed by atoms with Crippen molar-refractivity contribution in [1.29, 1.82) is 0 Å². The molecule has 1 aliphatic heterocycles. The van der Waals surface area contributed by atoms with Gasteiger partial charge in [-0.25, -0.2) is 14.8 Å². The second kappa shape index (κ2) is 7.27. The molecule has 24 heavy (non-hydrogen) atoms. The van der Waals surface area contributed by atoms with Gasteiger partial charge in [0.05, 0.1) is 11.9 Å². The van der Waals surface area contributed by atoms with E-state index in [1.165, 1.54) is 18.2 Å². The second-order valence-electron chi connectivity index (χ2n) is 5.68. The zero-order chi connectivity index (χ0) is 16.9. The fourth-order valence-corrected chi connectivity index (χ4v) is 2.82. The van der Waals surface area contributed by atoms with Gasteiger partial charge < -0.3 is 20.2 Å². The van der Waals surface area contributed by atoms with Crippen molar-refractivity contribution in [2.45, 2.75) is 6.92 Å². The van der Waals surface area contributed by atoms with Crippen LogP contribution in [0.2, 0.25) is 0 Å². The molecule has 0 radical (unpaired) electrons. The van der Waals surface area contributed by atoms with E-state index in [-0.39, 0.29) is 5.69 Å². The van der Waals surface area contributed by atoms with Gasteiger partial charge >= 0.3 is 5.97 Å². The minimum Gasteiger partial charge on any atom is -0.476 e. The first-order valence-electron chi connectivity index (χ1n) is 8.05. The molecular formula is C17H21N5O2. The maximum atomic E-state index is 11.2. The summed E-state index contributed by atoms with van der Waals surface area (Å²) in [6, 6.07) is 7.99. The Bertz CT molecular complexity index is 696. The topological polar surface area (TPSA) is 81.6 Å². The second-order valence-corrected chi connectivity index (χ2v) is 5.68. The van der Waals surface area contributed by atoms with E-state index in [0.717, 1.165) is 38.4 Å². The number of anilines is 3. The van der Waals surface area contributed by atoms with Crippen LogP contribution in [0.1, 0.15) is 17.4 Å². The summed E-state index contributed by atoms with van der Waals surface area (Å²) in [6.07, 6.45) is 2.70. The molecule has 7 heteroatoms. The summed E-state index contributed by atoms with van der Waals surface area (Å²) in [7, 11) is 0. The number of nitrogens with one attached hydrogen (secondary N) is 1. The van der Waals surface area contributed by atoms with E-state index in [1.54, 1.807) is 0 Å². The maximum absolute atomic E-state index is 11.2. The smallest absolute Gasteiger partial charge is 0.356 e. The van der Waals surface area contributed by atoms with Gasteiger partial charge in [-0.3, -0.25) is 0 Å². The molecule has 3 rings (SSSR count). The third-order valence-electron chi connectivity index (χ3n) is 4.25. The number of hydrogen-bond donors (Lipinski definition) is 2. The van der Waals surface area contributed by atoms with E-state index in [4.69, 9.17) is 5.11 Å². The zero-order valence-electron chi connectivity index (χ0n) is 13.6. The van der Waals surface area contributed by atoms with Gasteiger partial charge in [-0.2, -0.15) is 0 Å². The number of rotatable bonds is 5. The molecule has 1 aromatic heterocycles. The number of hydrogen-bond acceptors (Lipinski definition) is 6. The number of benzene rings is 1. The number of piperazine rings is 1. The quantitative estimate of drug-likeness (QED) is 0.870. The highest BCUT2D eigenvalue weighted by Crippen LogP contribution is 2.23. The van der Waals surface area contributed by atoms with Gasteiger partial charge in [0, 0.05) is 37.6 Å². The molecule has 2 N–H and O–H groups in total. The molecule has 1 saturated heterocycles. The van der Waals surface area contributed by atoms with Crippen molar-refractivity contribution in [3.63, 3.8) is 0 Å². The van der Waals surface area contributed by atoms with Crippen molar-refractivity contribution in [1.82, 2.24) is 14.9 Å². The standard InChI is InChI=1S/C17H21N5O2/c1-2-21-7-9-22(10-8-21)14-5-3-13(4-6-14)20-15-11-18-12-19-16(15)17(23)24/h3-6,11-12,20H,2,7-10H2,1H3,(H,23,24). The van der Waals surface area contributed by atoms with Crippen LogP contribution >= 0.6 is 0 Å². The van der Waals surface area contributed by atoms with Gasteiger partial charge in [-0.15, -0.1) is 0 Å². The van der Waals surface area contributed by atoms with Crippen LogP contribution in [0.4, 0.5) is 17.1 Å². The molecule has 1 aromatic carbocycles. The summed E-state index contributed by atoms with van der Waals surface area (Å²) in [5.41, 5.74) is 2.33. The van der Waals surface area contributed by atoms with Gasteiger partial charge in [0.2, 0.25) is 0 Å². The Hall–Kier alpha value is -2.67. The number of likely N-dealkylation sites (N-methyl/N-ethyl adjacent to an activating group) is 1. The summed E-state index contributed by atoms with van der Waals surface area (Å²) >= 11 is 0. The first kappa shape index (κ1) is 16.2. The summed E-state index contributed by atoms with van der Waals surface area (Å²) in [5.74, 6) is -1.08. The van der Waals surface area contributed by atoms with Crippen LogP contribution in [0.25, 0.3) is 0 Å². The van der Waals surface area contributed by atoms with Crippen molar-refractivity contribution in [3.05, 3.63) is 42.5 Å². The van der Waals surface area contributed by atoms with Crippen LogP contribution in [0.3, 0.4) is 0 Å². The van der Waals surface area contributed by atoms with Crippen LogP contribution in [0.15, 0.2) is 36.8 Å². The van der Waals surface area contributed by atoms with Crippen LogP contribution in [0.5, 0.6) is 0 Å². The molecule has 0 spiro atoms. The zero-order valence-corrected chi connectivity index (χ0v) is 13.6. The van der Waals surface area contributed by atoms with Crippen molar-refractivity contribution < 1.29 is 9.90 Å². The van der Waals surface area contributed by atoms with Crippen LogP contribution in [0, 0.1) is 0 Å². The molecule has 1 fully saturated rings. The first-order valence-corrected chi connectivity index (χ1v) is 8.05. The fourth-order valence-electron chi connectivity index (χ4n) is 2.82. The van der Waals surface area contributed by atoms with Gasteiger partial charge in [0.1, 0.15) is 6.33 Å². The number of aromatic nitrogens is 2. The van der Waals surface area contributed by atoms with Crippen molar-refractivity contribution in [2.24, 2.45) is 0 Å². The summed E-state index contributed by atoms with van der Waals surface area (Å²) in [6.45, 7) is 7.50. The third-order valence-corrected chi connectivity index (χ3v) is 4.25. The Morgan fingerprint density at radius 3 is 2.54 bits per heavy atom. The molecule has 0 atom stereocenters. The predicted octanol–water partition coefficient (Wildman–Crippen LogP) is 2.06. The summed E-state index contributed by atoms with van der Waals surface area (Å²) < 4.78 is 0. The molecule has 7 nitrogen and oxygen atoms in total. The SMILES string of the molecule is CCN1CCN(c2ccc(Nc3cncnc3C(=O)O)cc2)CC1. The van der Waals surface area contributed by atoms with Gasteiger partial charge in [-0.05, 0) is 30.8 Å². The van der Waals surface area contributed by atoms with E-state index in [0.29, 0.717) is 5.69 Å². The molecule has 1 aliphatic rings. The molecule has 0 amide bonds. The summed E-state index contributed by atoms with van der Waals surface area (Å²) in [5, 5.41) is 12.2. The molecular weight excluding hydrogens is 306 g/mol. The molecule has 0 saturated carbocycles. The van der Waals surface area contributed by atoms with E-state index in [9.17, 15) is 4.79 Å². The molecule has 126 valence electrons. The van der Waals surface area contributed by atoms with Gasteiger partial charge in [0.15, 0.2) is 5.69 Å². The van der Waals surface area contributed by atoms with Crippen LogP contribution in [-0.4, -0.2) is 58.7 Å². The van der Waals surface area contributed by atoms with Crippen molar-refractivity contribution in [3.8, 4) is 0 Å². The minimum atomic E-state index is -1.08. The average Bonchev–Trinajstić information content (AvgIpc) is 2.63. The Morgan fingerprint density at radius 2 is 1.92 bits per heavy atom. The van der Waals surface area contributed by atoms with Crippen LogP contribution < -0.4 is 10.2 Å². The van der Waals surface area contributed by atoms with Crippen molar-refractivity contribution in [2.75, 3.05) is 42.9 Å². The highest BCUT2D eigenvalue weighted by molar-refractivity contribution is 5.92. The molecule has 0 bridgehead atoms. The summed E-state index contributed by atoms with van der Waals surface area (Å²) in [4.78, 5) is 23.7. The largest absolute Gasteiger partial charge is 0.476 e. The fraction of sp³-hybridized carbons (Fsp3) is 0.353. The Labute approximate surface area is 141 Å². The molecule has 2 aromatic rings. The lowest BCUT2D eigenvalue weighted by Crippen LogP contribution is -2.46. The highest BCUT2D eigenvalue weighted by Gasteiger charge is 2.16. The van der Waals surface area contributed by atoms with Crippen LogP contribution in [-0.2, 0) is 0 Å². The Kier molecular flexibility index (Phi) is 4.90. The normalized spacial score (nSPS) is 15.3. The lowest BCUT2D eigenvalue weighted by atomic mass is 10.2. The number of carbonyl (C=O) groups is 1. The van der Waals surface area contributed by atoms with Gasteiger partial charge in [0.25, 0.3) is 0 Å². The lowest BCUT2D eigenvalue weighted by molar-refractivity contribution is 0.0691. The van der Waals surface area contributed by atoms with E-state index in [1.807, 2.05) is 24.3 Å². The molecule has 2 heterocycles. The van der Waals surface area contributed by atoms with E-state index in [2.05, 4.69) is 32.0 Å².